The van der Waals surface area contributed by atoms with Gasteiger partial charge in [-0.15, -0.1) is 0 Å². The Morgan fingerprint density at radius 3 is 2.65 bits per heavy atom. The van der Waals surface area contributed by atoms with Crippen LogP contribution in [0.5, 0.6) is 0 Å². The second-order valence-electron chi connectivity index (χ2n) is 3.98. The molecule has 2 rings (SSSR count). The van der Waals surface area contributed by atoms with Crippen LogP contribution < -0.4 is 17.0 Å². The number of hydrogen-bond donors (Lipinski definition) is 4. The van der Waals surface area contributed by atoms with Crippen molar-refractivity contribution in [3.63, 3.8) is 0 Å². The second kappa shape index (κ2) is 5.47. The molecule has 17 heavy (non-hydrogen) atoms. The molecule has 6 N–H and O–H groups in total. The van der Waals surface area contributed by atoms with E-state index in [-0.39, 0.29) is 6.04 Å². The maximum atomic E-state index is 5.77. The molecule has 1 unspecified atom stereocenters. The quantitative estimate of drug-likeness (QED) is 0.458. The Morgan fingerprint density at radius 2 is 2.06 bits per heavy atom. The van der Waals surface area contributed by atoms with E-state index in [1.807, 2.05) is 18.2 Å². The van der Waals surface area contributed by atoms with E-state index in [0.29, 0.717) is 5.82 Å². The molecule has 1 aromatic carbocycles. The maximum Gasteiger partial charge on any atom is 0.123 e. The van der Waals surface area contributed by atoms with Gasteiger partial charge in [0.1, 0.15) is 5.82 Å². The fourth-order valence-corrected chi connectivity index (χ4v) is 1.87. The lowest BCUT2D eigenvalue weighted by molar-refractivity contribution is 0.518. The highest BCUT2D eigenvalue weighted by atomic mass is 15.2. The zero-order valence-corrected chi connectivity index (χ0v) is 9.56. The summed E-state index contributed by atoms with van der Waals surface area (Å²) in [5.41, 5.74) is 10.8. The van der Waals surface area contributed by atoms with E-state index in [1.54, 1.807) is 6.20 Å². The predicted molar refractivity (Wildman–Crippen MR) is 67.8 cm³/mol. The number of anilines is 1. The highest BCUT2D eigenvalue weighted by molar-refractivity contribution is 5.39. The van der Waals surface area contributed by atoms with Crippen molar-refractivity contribution in [2.75, 3.05) is 5.73 Å². The number of hydrazine groups is 1. The van der Waals surface area contributed by atoms with Gasteiger partial charge in [0.15, 0.2) is 0 Å². The number of benzene rings is 1. The number of nitrogens with one attached hydrogen (secondary N) is 2. The Morgan fingerprint density at radius 1 is 1.29 bits per heavy atom. The summed E-state index contributed by atoms with van der Waals surface area (Å²) < 4.78 is 0. The molecule has 0 aliphatic rings. The molecule has 0 spiro atoms. The van der Waals surface area contributed by atoms with E-state index in [4.69, 9.17) is 11.6 Å². The van der Waals surface area contributed by atoms with Crippen LogP contribution in [-0.2, 0) is 6.42 Å². The van der Waals surface area contributed by atoms with Crippen molar-refractivity contribution in [2.24, 2.45) is 5.84 Å². The van der Waals surface area contributed by atoms with Gasteiger partial charge in [-0.1, -0.05) is 30.3 Å². The van der Waals surface area contributed by atoms with Gasteiger partial charge in [-0.2, -0.15) is 5.10 Å². The van der Waals surface area contributed by atoms with Gasteiger partial charge in [-0.25, -0.2) is 0 Å². The Labute approximate surface area is 100 Å². The molecule has 2 aromatic rings. The molecule has 0 fully saturated rings. The van der Waals surface area contributed by atoms with Gasteiger partial charge in [-0.05, 0) is 18.4 Å². The molecule has 0 aliphatic carbocycles. The Balaban J connectivity index is 2.00. The van der Waals surface area contributed by atoms with Crippen LogP contribution in [0.2, 0.25) is 0 Å². The minimum absolute atomic E-state index is 0.0222. The summed E-state index contributed by atoms with van der Waals surface area (Å²) in [7, 11) is 0. The lowest BCUT2D eigenvalue weighted by atomic mass is 10.0. The minimum Gasteiger partial charge on any atom is -0.384 e. The molecular formula is C12H17N5. The topological polar surface area (TPSA) is 92.7 Å². The van der Waals surface area contributed by atoms with Crippen LogP contribution in [-0.4, -0.2) is 10.2 Å². The number of nitrogens with two attached hydrogens (primary N) is 2. The monoisotopic (exact) mass is 231 g/mol. The third-order valence-electron chi connectivity index (χ3n) is 2.84. The number of H-pyrrole nitrogens is 1. The average molecular weight is 231 g/mol. The number of aryl methyl sites for hydroxylation is 1. The fourth-order valence-electron chi connectivity index (χ4n) is 1.87. The number of rotatable bonds is 5. The molecule has 1 heterocycles. The van der Waals surface area contributed by atoms with Gasteiger partial charge in [0, 0.05) is 5.56 Å². The van der Waals surface area contributed by atoms with E-state index in [1.165, 1.54) is 5.56 Å². The smallest absolute Gasteiger partial charge is 0.123 e. The lowest BCUT2D eigenvalue weighted by Crippen LogP contribution is -2.28. The van der Waals surface area contributed by atoms with E-state index in [0.717, 1.165) is 18.4 Å². The van der Waals surface area contributed by atoms with Crippen LogP contribution in [0.4, 0.5) is 5.82 Å². The SMILES string of the molecule is NNC(CCc1ccccc1)c1cn[nH]c1N. The van der Waals surface area contributed by atoms with Crippen LogP contribution >= 0.6 is 0 Å². The van der Waals surface area contributed by atoms with Crippen LogP contribution in [0.25, 0.3) is 0 Å². The van der Waals surface area contributed by atoms with Gasteiger partial charge in [0.2, 0.25) is 0 Å². The molecule has 0 aliphatic heterocycles. The summed E-state index contributed by atoms with van der Waals surface area (Å²) >= 11 is 0. The number of aromatic nitrogens is 2. The first-order valence-corrected chi connectivity index (χ1v) is 5.60. The minimum atomic E-state index is 0.0222. The maximum absolute atomic E-state index is 5.77. The van der Waals surface area contributed by atoms with E-state index >= 15 is 0 Å². The third-order valence-corrected chi connectivity index (χ3v) is 2.84. The van der Waals surface area contributed by atoms with Crippen molar-refractivity contribution in [3.8, 4) is 0 Å². The number of nitrogens with zero attached hydrogens (tertiary/aromatic N) is 1. The molecule has 1 atom stereocenters. The largest absolute Gasteiger partial charge is 0.384 e. The molecule has 0 amide bonds. The van der Waals surface area contributed by atoms with Crippen LogP contribution in [0.1, 0.15) is 23.6 Å². The van der Waals surface area contributed by atoms with Crippen LogP contribution in [0.3, 0.4) is 0 Å². The Hall–Kier alpha value is -1.85. The number of hydrogen-bond acceptors (Lipinski definition) is 4. The normalized spacial score (nSPS) is 12.5. The van der Waals surface area contributed by atoms with E-state index in [9.17, 15) is 0 Å². The first kappa shape index (κ1) is 11.6. The molecular weight excluding hydrogens is 214 g/mol. The lowest BCUT2D eigenvalue weighted by Gasteiger charge is -2.14. The van der Waals surface area contributed by atoms with Gasteiger partial charge < -0.3 is 5.73 Å². The molecule has 90 valence electrons. The summed E-state index contributed by atoms with van der Waals surface area (Å²) in [6.07, 6.45) is 3.54. The molecule has 5 heteroatoms. The van der Waals surface area contributed by atoms with Crippen LogP contribution in [0.15, 0.2) is 36.5 Å². The number of nitrogen functional groups attached to an aromatic ring is 1. The first-order valence-electron chi connectivity index (χ1n) is 5.60. The molecule has 5 nitrogen and oxygen atoms in total. The molecule has 0 radical (unpaired) electrons. The van der Waals surface area contributed by atoms with Gasteiger partial charge >= 0.3 is 0 Å². The zero-order valence-electron chi connectivity index (χ0n) is 9.56. The van der Waals surface area contributed by atoms with Gasteiger partial charge in [0.25, 0.3) is 0 Å². The molecule has 1 aromatic heterocycles. The molecule has 0 saturated heterocycles. The van der Waals surface area contributed by atoms with Crippen molar-refractivity contribution < 1.29 is 0 Å². The van der Waals surface area contributed by atoms with Crippen molar-refractivity contribution >= 4 is 5.82 Å². The van der Waals surface area contributed by atoms with Crippen LogP contribution in [0, 0.1) is 0 Å². The zero-order chi connectivity index (χ0) is 12.1. The summed E-state index contributed by atoms with van der Waals surface area (Å²) in [6, 6.07) is 10.3. The van der Waals surface area contributed by atoms with E-state index < -0.39 is 0 Å². The average Bonchev–Trinajstić information content (AvgIpc) is 2.78. The highest BCUT2D eigenvalue weighted by Gasteiger charge is 2.14. The molecule has 0 saturated carbocycles. The predicted octanol–water partition coefficient (Wildman–Crippen LogP) is 1.13. The Kier molecular flexibility index (Phi) is 3.74. The van der Waals surface area contributed by atoms with Gasteiger partial charge in [-0.3, -0.25) is 16.4 Å². The number of aromatic amines is 1. The molecule has 0 bridgehead atoms. The Bertz CT molecular complexity index is 451. The highest BCUT2D eigenvalue weighted by Crippen LogP contribution is 2.21. The summed E-state index contributed by atoms with van der Waals surface area (Å²) in [5, 5.41) is 6.61. The fraction of sp³-hybridized carbons (Fsp3) is 0.250. The van der Waals surface area contributed by atoms with Crippen molar-refractivity contribution in [2.45, 2.75) is 18.9 Å². The summed E-state index contributed by atoms with van der Waals surface area (Å²) in [6.45, 7) is 0. The van der Waals surface area contributed by atoms with E-state index in [2.05, 4.69) is 27.8 Å². The second-order valence-corrected chi connectivity index (χ2v) is 3.98. The standard InChI is InChI=1S/C12H17N5/c13-12-10(8-15-17-12)11(16-14)7-6-9-4-2-1-3-5-9/h1-5,8,11,16H,6-7,14H2,(H3,13,15,17). The third kappa shape index (κ3) is 2.83. The summed E-state index contributed by atoms with van der Waals surface area (Å²) in [4.78, 5) is 0. The van der Waals surface area contributed by atoms with Gasteiger partial charge in [0.05, 0.1) is 12.2 Å². The van der Waals surface area contributed by atoms with Crippen molar-refractivity contribution in [3.05, 3.63) is 47.7 Å². The first-order chi connectivity index (χ1) is 8.31. The summed E-state index contributed by atoms with van der Waals surface area (Å²) in [5.74, 6) is 6.12. The van der Waals surface area contributed by atoms with Crippen molar-refractivity contribution in [1.82, 2.24) is 15.6 Å². The van der Waals surface area contributed by atoms with Crippen molar-refractivity contribution in [1.29, 1.82) is 0 Å².